The molecule has 0 saturated carbocycles. The molecule has 120 valence electrons. The van der Waals surface area contributed by atoms with Crippen molar-refractivity contribution < 1.29 is 19.2 Å². The van der Waals surface area contributed by atoms with Gasteiger partial charge in [0.05, 0.1) is 9.95 Å². The number of halogens is 2. The maximum Gasteiger partial charge on any atom is 0.349 e. The van der Waals surface area contributed by atoms with Gasteiger partial charge in [-0.1, -0.05) is 27.5 Å². The molecule has 0 aliphatic carbocycles. The molecule has 0 aliphatic rings. The fraction of sp³-hybridized carbons (Fsp3) is 0.133. The van der Waals surface area contributed by atoms with Crippen LogP contribution in [-0.2, 0) is 4.79 Å². The third-order valence-electron chi connectivity index (χ3n) is 2.81. The zero-order valence-corrected chi connectivity index (χ0v) is 14.3. The molecular formula is C15H11BrClNO5. The van der Waals surface area contributed by atoms with E-state index in [-0.39, 0.29) is 18.0 Å². The summed E-state index contributed by atoms with van der Waals surface area (Å²) in [5, 5.41) is 10.9. The highest BCUT2D eigenvalue weighted by Crippen LogP contribution is 2.32. The first-order valence-electron chi connectivity index (χ1n) is 6.40. The number of esters is 1. The van der Waals surface area contributed by atoms with E-state index in [2.05, 4.69) is 15.9 Å². The summed E-state index contributed by atoms with van der Waals surface area (Å²) < 4.78 is 11.2. The van der Waals surface area contributed by atoms with Crippen molar-refractivity contribution in [1.29, 1.82) is 0 Å². The lowest BCUT2D eigenvalue weighted by Gasteiger charge is -2.10. The lowest BCUT2D eigenvalue weighted by molar-refractivity contribution is -0.384. The Bertz CT molecular complexity index is 725. The van der Waals surface area contributed by atoms with Crippen molar-refractivity contribution in [3.8, 4) is 11.5 Å². The van der Waals surface area contributed by atoms with Crippen molar-refractivity contribution in [3.05, 3.63) is 61.6 Å². The van der Waals surface area contributed by atoms with E-state index in [0.717, 1.165) is 4.47 Å². The van der Waals surface area contributed by atoms with Crippen LogP contribution >= 0.6 is 27.5 Å². The monoisotopic (exact) mass is 399 g/mol. The van der Waals surface area contributed by atoms with Crippen LogP contribution in [0.1, 0.15) is 5.56 Å². The van der Waals surface area contributed by atoms with Crippen LogP contribution in [0.5, 0.6) is 11.5 Å². The summed E-state index contributed by atoms with van der Waals surface area (Å²) in [7, 11) is 0. The number of carbonyl (C=O) groups is 1. The Kier molecular flexibility index (Phi) is 5.57. The van der Waals surface area contributed by atoms with Crippen LogP contribution in [0.3, 0.4) is 0 Å². The highest BCUT2D eigenvalue weighted by molar-refractivity contribution is 9.10. The van der Waals surface area contributed by atoms with E-state index in [0.29, 0.717) is 16.3 Å². The minimum absolute atomic E-state index is 0.0582. The molecule has 2 aromatic rings. The largest absolute Gasteiger partial charge is 0.482 e. The van der Waals surface area contributed by atoms with E-state index in [1.165, 1.54) is 24.3 Å². The Morgan fingerprint density at radius 2 is 1.96 bits per heavy atom. The number of carbonyl (C=O) groups excluding carboxylic acids is 1. The molecule has 23 heavy (non-hydrogen) atoms. The summed E-state index contributed by atoms with van der Waals surface area (Å²) >= 11 is 9.32. The number of aryl methyl sites for hydroxylation is 1. The third kappa shape index (κ3) is 4.67. The SMILES string of the molecule is Cc1cc(Br)cc(Cl)c1OC(=O)COc1ccc([N+](=O)[O-])cc1. The summed E-state index contributed by atoms with van der Waals surface area (Å²) in [6, 6.07) is 8.78. The van der Waals surface area contributed by atoms with Crippen LogP contribution in [0, 0.1) is 17.0 Å². The smallest absolute Gasteiger partial charge is 0.349 e. The number of nitro groups is 1. The standard InChI is InChI=1S/C15H11BrClNO5/c1-9-6-10(16)7-13(17)15(9)23-14(19)8-22-12-4-2-11(3-5-12)18(20)21/h2-7H,8H2,1H3. The number of rotatable bonds is 5. The zero-order chi connectivity index (χ0) is 17.0. The van der Waals surface area contributed by atoms with Crippen molar-refractivity contribution in [2.75, 3.05) is 6.61 Å². The molecule has 0 spiro atoms. The maximum absolute atomic E-state index is 11.8. The second-order valence-corrected chi connectivity index (χ2v) is 5.87. The Morgan fingerprint density at radius 1 is 1.30 bits per heavy atom. The molecule has 0 fully saturated rings. The number of nitrogens with zero attached hydrogens (tertiary/aromatic N) is 1. The number of non-ortho nitro benzene ring substituents is 1. The van der Waals surface area contributed by atoms with Crippen LogP contribution in [-0.4, -0.2) is 17.5 Å². The number of ether oxygens (including phenoxy) is 2. The molecule has 0 aliphatic heterocycles. The van der Waals surface area contributed by atoms with E-state index in [1.807, 2.05) is 0 Å². The lowest BCUT2D eigenvalue weighted by Crippen LogP contribution is -2.18. The second-order valence-electron chi connectivity index (χ2n) is 4.55. The molecule has 6 nitrogen and oxygen atoms in total. The lowest BCUT2D eigenvalue weighted by atomic mass is 10.2. The molecule has 0 unspecified atom stereocenters. The molecule has 2 aromatic carbocycles. The first-order chi connectivity index (χ1) is 10.9. The Hall–Kier alpha value is -2.12. The summed E-state index contributed by atoms with van der Waals surface area (Å²) in [6.07, 6.45) is 0. The van der Waals surface area contributed by atoms with E-state index < -0.39 is 10.9 Å². The van der Waals surface area contributed by atoms with Crippen molar-refractivity contribution in [3.63, 3.8) is 0 Å². The van der Waals surface area contributed by atoms with E-state index in [1.54, 1.807) is 19.1 Å². The van der Waals surface area contributed by atoms with Crippen molar-refractivity contribution in [2.24, 2.45) is 0 Å². The summed E-state index contributed by atoms with van der Waals surface area (Å²) in [5.74, 6) is -0.0333. The van der Waals surface area contributed by atoms with Crippen molar-refractivity contribution >= 4 is 39.2 Å². The molecular weight excluding hydrogens is 390 g/mol. The average Bonchev–Trinajstić information content (AvgIpc) is 2.49. The Balaban J connectivity index is 1.96. The van der Waals surface area contributed by atoms with Gasteiger partial charge in [0.1, 0.15) is 5.75 Å². The fourth-order valence-corrected chi connectivity index (χ4v) is 2.78. The van der Waals surface area contributed by atoms with Gasteiger partial charge in [-0.15, -0.1) is 0 Å². The van der Waals surface area contributed by atoms with Gasteiger partial charge in [0.15, 0.2) is 12.4 Å². The predicted molar refractivity (Wildman–Crippen MR) is 88.1 cm³/mol. The van der Waals surface area contributed by atoms with E-state index >= 15 is 0 Å². The van der Waals surface area contributed by atoms with Gasteiger partial charge in [-0.3, -0.25) is 10.1 Å². The van der Waals surface area contributed by atoms with Gasteiger partial charge in [-0.25, -0.2) is 4.79 Å². The normalized spacial score (nSPS) is 10.2. The van der Waals surface area contributed by atoms with Gasteiger partial charge in [0.25, 0.3) is 5.69 Å². The average molecular weight is 401 g/mol. The molecule has 0 radical (unpaired) electrons. The molecule has 0 bridgehead atoms. The van der Waals surface area contributed by atoms with E-state index in [4.69, 9.17) is 21.1 Å². The topological polar surface area (TPSA) is 78.7 Å². The van der Waals surface area contributed by atoms with Gasteiger partial charge in [0.2, 0.25) is 0 Å². The molecule has 0 aromatic heterocycles. The van der Waals surface area contributed by atoms with Gasteiger partial charge in [-0.2, -0.15) is 0 Å². The first kappa shape index (κ1) is 17.2. The van der Waals surface area contributed by atoms with Crippen LogP contribution in [0.4, 0.5) is 5.69 Å². The first-order valence-corrected chi connectivity index (χ1v) is 7.57. The van der Waals surface area contributed by atoms with Crippen molar-refractivity contribution in [1.82, 2.24) is 0 Å². The van der Waals surface area contributed by atoms with Crippen LogP contribution in [0.25, 0.3) is 0 Å². The van der Waals surface area contributed by atoms with Crippen LogP contribution < -0.4 is 9.47 Å². The van der Waals surface area contributed by atoms with Crippen LogP contribution in [0.2, 0.25) is 5.02 Å². The van der Waals surface area contributed by atoms with Crippen molar-refractivity contribution in [2.45, 2.75) is 6.92 Å². The molecule has 0 N–H and O–H groups in total. The maximum atomic E-state index is 11.8. The molecule has 0 atom stereocenters. The number of hydrogen-bond donors (Lipinski definition) is 0. The number of hydrogen-bond acceptors (Lipinski definition) is 5. The highest BCUT2D eigenvalue weighted by atomic mass is 79.9. The molecule has 0 saturated heterocycles. The Labute approximate surface area is 145 Å². The quantitative estimate of drug-likeness (QED) is 0.323. The second kappa shape index (κ2) is 7.43. The minimum Gasteiger partial charge on any atom is -0.482 e. The summed E-state index contributed by atoms with van der Waals surface area (Å²) in [6.45, 7) is 1.42. The van der Waals surface area contributed by atoms with Gasteiger partial charge >= 0.3 is 5.97 Å². The highest BCUT2D eigenvalue weighted by Gasteiger charge is 2.13. The summed E-state index contributed by atoms with van der Waals surface area (Å²) in [4.78, 5) is 21.9. The van der Waals surface area contributed by atoms with Crippen LogP contribution in [0.15, 0.2) is 40.9 Å². The molecule has 2 rings (SSSR count). The minimum atomic E-state index is -0.629. The number of nitro benzene ring substituents is 1. The zero-order valence-electron chi connectivity index (χ0n) is 11.9. The van der Waals surface area contributed by atoms with E-state index in [9.17, 15) is 14.9 Å². The molecule has 0 amide bonds. The number of benzene rings is 2. The van der Waals surface area contributed by atoms with Gasteiger partial charge < -0.3 is 9.47 Å². The molecule has 0 heterocycles. The third-order valence-corrected chi connectivity index (χ3v) is 3.55. The fourth-order valence-electron chi connectivity index (χ4n) is 1.77. The Morgan fingerprint density at radius 3 is 2.52 bits per heavy atom. The molecule has 8 heteroatoms. The van der Waals surface area contributed by atoms with Gasteiger partial charge in [-0.05, 0) is 36.8 Å². The predicted octanol–water partition coefficient (Wildman–Crippen LogP) is 4.30. The van der Waals surface area contributed by atoms with Gasteiger partial charge in [0, 0.05) is 16.6 Å². The summed E-state index contributed by atoms with van der Waals surface area (Å²) in [5.41, 5.74) is 0.644.